The zero-order valence-electron chi connectivity index (χ0n) is 7.86. The molecule has 0 aliphatic heterocycles. The molecule has 0 aromatic carbocycles. The van der Waals surface area contributed by atoms with Gasteiger partial charge in [-0.05, 0) is 12.5 Å². The van der Waals surface area contributed by atoms with Crippen molar-refractivity contribution < 1.29 is 9.34 Å². The Bertz CT molecular complexity index is 456. The first-order chi connectivity index (χ1) is 7.10. The molecule has 0 spiro atoms. The molecule has 0 atom stereocenters. The van der Waals surface area contributed by atoms with Gasteiger partial charge in [0, 0.05) is 0 Å². The van der Waals surface area contributed by atoms with Crippen molar-refractivity contribution in [3.63, 3.8) is 0 Å². The quantitative estimate of drug-likeness (QED) is 0.451. The zero-order chi connectivity index (χ0) is 11.4. The Morgan fingerprint density at radius 2 is 2.40 bits per heavy atom. The van der Waals surface area contributed by atoms with Crippen LogP contribution in [-0.4, -0.2) is 4.92 Å². The van der Waals surface area contributed by atoms with Crippen LogP contribution >= 0.6 is 11.6 Å². The molecule has 0 saturated carbocycles. The minimum Gasteiger partial charge on any atom is -0.400 e. The summed E-state index contributed by atoms with van der Waals surface area (Å²) in [5.41, 5.74) is 0.334. The normalized spacial score (nSPS) is 11.8. The summed E-state index contributed by atoms with van der Waals surface area (Å²) >= 11 is 5.83. The predicted molar refractivity (Wildman–Crippen MR) is 54.0 cm³/mol. The molecule has 0 radical (unpaired) electrons. The molecule has 1 aromatic rings. The summed E-state index contributed by atoms with van der Waals surface area (Å²) in [7, 11) is 0. The molecule has 0 N–H and O–H groups in total. The topological polar surface area (TPSA) is 80.1 Å². The van der Waals surface area contributed by atoms with Crippen LogP contribution in [0.25, 0.3) is 5.03 Å². The summed E-state index contributed by atoms with van der Waals surface area (Å²) in [4.78, 5) is 9.67. The molecule has 0 amide bonds. The minimum atomic E-state index is -0.661. The second-order valence-corrected chi connectivity index (χ2v) is 3.03. The maximum atomic E-state index is 10.3. The molecule has 5 nitrogen and oxygen atoms in total. The molecule has 6 heteroatoms. The number of furan rings is 1. The molecule has 1 heterocycles. The van der Waals surface area contributed by atoms with E-state index in [2.05, 4.69) is 0 Å². The number of nitriles is 1. The van der Waals surface area contributed by atoms with E-state index in [0.29, 0.717) is 12.0 Å². The van der Waals surface area contributed by atoms with Crippen molar-refractivity contribution in [2.24, 2.45) is 0 Å². The molecule has 1 aromatic heterocycles. The molecule has 0 aliphatic carbocycles. The number of nitro groups is 1. The highest BCUT2D eigenvalue weighted by atomic mass is 35.5. The third-order valence-electron chi connectivity index (χ3n) is 1.74. The molecule has 0 saturated heterocycles. The maximum Gasteiger partial charge on any atom is 0.433 e. The lowest BCUT2D eigenvalue weighted by atomic mass is 10.2. The van der Waals surface area contributed by atoms with E-state index in [9.17, 15) is 10.1 Å². The van der Waals surface area contributed by atoms with Gasteiger partial charge in [-0.1, -0.05) is 18.5 Å². The number of hydrogen-bond donors (Lipinski definition) is 0. The lowest BCUT2D eigenvalue weighted by Crippen LogP contribution is -1.84. The Balaban J connectivity index is 3.13. The van der Waals surface area contributed by atoms with Crippen LogP contribution < -0.4 is 0 Å². The standard InChI is InChI=1S/C9H7ClN2O3/c1-2-6(5-11)9(10)7-3-4-8(15-7)12(13)14/h3-4H,2H2,1H3. The van der Waals surface area contributed by atoms with E-state index in [-0.39, 0.29) is 10.8 Å². The summed E-state index contributed by atoms with van der Waals surface area (Å²) in [6.07, 6.45) is 0.448. The van der Waals surface area contributed by atoms with Crippen molar-refractivity contribution >= 4 is 22.5 Å². The van der Waals surface area contributed by atoms with E-state index >= 15 is 0 Å². The summed E-state index contributed by atoms with van der Waals surface area (Å²) in [6, 6.07) is 4.47. The first-order valence-electron chi connectivity index (χ1n) is 4.13. The van der Waals surface area contributed by atoms with E-state index in [0.717, 1.165) is 0 Å². The van der Waals surface area contributed by atoms with Gasteiger partial charge in [0.2, 0.25) is 0 Å². The highest BCUT2D eigenvalue weighted by Crippen LogP contribution is 2.28. The number of hydrogen-bond acceptors (Lipinski definition) is 4. The number of rotatable bonds is 3. The van der Waals surface area contributed by atoms with E-state index in [1.54, 1.807) is 6.92 Å². The number of halogens is 1. The van der Waals surface area contributed by atoms with Gasteiger partial charge >= 0.3 is 5.88 Å². The molecule has 1 rings (SSSR count). The second-order valence-electron chi connectivity index (χ2n) is 2.65. The Morgan fingerprint density at radius 3 is 2.80 bits per heavy atom. The fraction of sp³-hybridized carbons (Fsp3) is 0.222. The Kier molecular flexibility index (Phi) is 3.47. The van der Waals surface area contributed by atoms with Crippen molar-refractivity contribution in [2.45, 2.75) is 13.3 Å². The average molecular weight is 227 g/mol. The van der Waals surface area contributed by atoms with Gasteiger partial charge in [0.15, 0.2) is 5.76 Å². The minimum absolute atomic E-state index is 0.119. The van der Waals surface area contributed by atoms with E-state index in [1.807, 2.05) is 6.07 Å². The summed E-state index contributed by atoms with van der Waals surface area (Å²) < 4.78 is 4.85. The van der Waals surface area contributed by atoms with Crippen LogP contribution in [-0.2, 0) is 0 Å². The summed E-state index contributed by atoms with van der Waals surface area (Å²) in [5.74, 6) is -0.252. The van der Waals surface area contributed by atoms with Crippen LogP contribution in [0.15, 0.2) is 22.1 Å². The van der Waals surface area contributed by atoms with Crippen LogP contribution in [0.4, 0.5) is 5.88 Å². The summed E-state index contributed by atoms with van der Waals surface area (Å²) in [5, 5.41) is 19.2. The van der Waals surface area contributed by atoms with Gasteiger partial charge < -0.3 is 4.42 Å². The fourth-order valence-electron chi connectivity index (χ4n) is 0.976. The monoisotopic (exact) mass is 226 g/mol. The molecule has 0 unspecified atom stereocenters. The smallest absolute Gasteiger partial charge is 0.400 e. The van der Waals surface area contributed by atoms with Crippen LogP contribution in [0.1, 0.15) is 19.1 Å². The van der Waals surface area contributed by atoms with Crippen molar-refractivity contribution in [3.8, 4) is 6.07 Å². The Labute approximate surface area is 90.7 Å². The Morgan fingerprint density at radius 1 is 1.73 bits per heavy atom. The Hall–Kier alpha value is -1.80. The van der Waals surface area contributed by atoms with Crippen LogP contribution in [0.5, 0.6) is 0 Å². The SMILES string of the molecule is CCC(C#N)=C(Cl)c1ccc([N+](=O)[O-])o1. The van der Waals surface area contributed by atoms with Gasteiger partial charge in [0.1, 0.15) is 4.92 Å². The largest absolute Gasteiger partial charge is 0.433 e. The molecular weight excluding hydrogens is 220 g/mol. The molecular formula is C9H7ClN2O3. The molecule has 78 valence electrons. The van der Waals surface area contributed by atoms with Gasteiger partial charge in [-0.25, -0.2) is 0 Å². The van der Waals surface area contributed by atoms with Crippen molar-refractivity contribution in [3.05, 3.63) is 33.6 Å². The van der Waals surface area contributed by atoms with Crippen molar-refractivity contribution in [1.29, 1.82) is 5.26 Å². The van der Waals surface area contributed by atoms with E-state index in [1.165, 1.54) is 12.1 Å². The van der Waals surface area contributed by atoms with Crippen molar-refractivity contribution in [2.75, 3.05) is 0 Å². The predicted octanol–water partition coefficient (Wildman–Crippen LogP) is 3.07. The lowest BCUT2D eigenvalue weighted by Gasteiger charge is -1.95. The maximum absolute atomic E-state index is 10.3. The van der Waals surface area contributed by atoms with E-state index < -0.39 is 10.8 Å². The highest BCUT2D eigenvalue weighted by molar-refractivity contribution is 6.49. The number of allylic oxidation sites excluding steroid dienone is 1. The first kappa shape index (κ1) is 11.3. The second kappa shape index (κ2) is 4.62. The molecule has 0 bridgehead atoms. The average Bonchev–Trinajstić information content (AvgIpc) is 2.68. The van der Waals surface area contributed by atoms with Crippen LogP contribution in [0.2, 0.25) is 0 Å². The van der Waals surface area contributed by atoms with Gasteiger partial charge in [0.25, 0.3) is 0 Å². The first-order valence-corrected chi connectivity index (χ1v) is 4.51. The molecule has 0 aliphatic rings. The number of nitrogens with zero attached hydrogens (tertiary/aromatic N) is 2. The van der Waals surface area contributed by atoms with E-state index in [4.69, 9.17) is 21.3 Å². The van der Waals surface area contributed by atoms with Gasteiger partial charge in [-0.2, -0.15) is 5.26 Å². The molecule has 0 fully saturated rings. The van der Waals surface area contributed by atoms with Crippen molar-refractivity contribution in [1.82, 2.24) is 0 Å². The third kappa shape index (κ3) is 2.36. The highest BCUT2D eigenvalue weighted by Gasteiger charge is 2.15. The van der Waals surface area contributed by atoms with Gasteiger partial charge in [0.05, 0.1) is 22.7 Å². The third-order valence-corrected chi connectivity index (χ3v) is 2.16. The van der Waals surface area contributed by atoms with Crippen LogP contribution in [0, 0.1) is 21.4 Å². The van der Waals surface area contributed by atoms with Gasteiger partial charge in [-0.15, -0.1) is 0 Å². The van der Waals surface area contributed by atoms with Crippen LogP contribution in [0.3, 0.4) is 0 Å². The van der Waals surface area contributed by atoms with Gasteiger partial charge in [-0.3, -0.25) is 10.1 Å². The summed E-state index contributed by atoms with van der Waals surface area (Å²) in [6.45, 7) is 1.76. The fourth-order valence-corrected chi connectivity index (χ4v) is 1.25. The zero-order valence-corrected chi connectivity index (χ0v) is 8.61. The lowest BCUT2D eigenvalue weighted by molar-refractivity contribution is -0.402. The molecule has 15 heavy (non-hydrogen) atoms.